The Bertz CT molecular complexity index is 266. The van der Waals surface area contributed by atoms with Crippen molar-refractivity contribution in [3.05, 3.63) is 0 Å². The Labute approximate surface area is 103 Å². The van der Waals surface area contributed by atoms with Gasteiger partial charge in [-0.05, 0) is 12.8 Å². The number of rotatable bonds is 3. The lowest BCUT2D eigenvalue weighted by atomic mass is 9.87. The fourth-order valence-corrected chi connectivity index (χ4v) is 2.32. The summed E-state index contributed by atoms with van der Waals surface area (Å²) in [6.07, 6.45) is 7.39. The summed E-state index contributed by atoms with van der Waals surface area (Å²) in [5, 5.41) is 12.9. The zero-order valence-electron chi connectivity index (χ0n) is 10.6. The van der Waals surface area contributed by atoms with E-state index in [1.165, 1.54) is 19.8 Å². The van der Waals surface area contributed by atoms with E-state index >= 15 is 0 Å². The number of ketones is 1. The highest BCUT2D eigenvalue weighted by Crippen LogP contribution is 2.26. The minimum atomic E-state index is -1.22. The minimum Gasteiger partial charge on any atom is -0.382 e. The highest BCUT2D eigenvalue weighted by Gasteiger charge is 2.34. The summed E-state index contributed by atoms with van der Waals surface area (Å²) in [5.74, 6) is -0.473. The molecular weight excluding hydrogens is 218 g/mol. The van der Waals surface area contributed by atoms with Gasteiger partial charge in [-0.15, -0.1) is 0 Å². The number of nitrogens with one attached hydrogen (secondary N) is 1. The molecule has 4 nitrogen and oxygen atoms in total. The van der Waals surface area contributed by atoms with Crippen LogP contribution in [0.2, 0.25) is 0 Å². The second kappa shape index (κ2) is 6.74. The van der Waals surface area contributed by atoms with Gasteiger partial charge in [0.1, 0.15) is 5.60 Å². The summed E-state index contributed by atoms with van der Waals surface area (Å²) in [6, 6.07) is 0. The first kappa shape index (κ1) is 14.2. The molecule has 0 heterocycles. The van der Waals surface area contributed by atoms with Crippen LogP contribution < -0.4 is 5.32 Å². The maximum atomic E-state index is 11.9. The predicted molar refractivity (Wildman–Crippen MR) is 65.6 cm³/mol. The van der Waals surface area contributed by atoms with Gasteiger partial charge < -0.3 is 10.4 Å². The highest BCUT2D eigenvalue weighted by atomic mass is 16.3. The Morgan fingerprint density at radius 2 is 1.53 bits per heavy atom. The molecule has 17 heavy (non-hydrogen) atoms. The van der Waals surface area contributed by atoms with Crippen molar-refractivity contribution in [3.63, 3.8) is 0 Å². The average Bonchev–Trinajstić information content (AvgIpc) is 2.39. The van der Waals surface area contributed by atoms with E-state index in [9.17, 15) is 14.7 Å². The molecule has 0 bridgehead atoms. The first-order chi connectivity index (χ1) is 8.04. The van der Waals surface area contributed by atoms with Crippen molar-refractivity contribution >= 4 is 11.7 Å². The second-order valence-electron chi connectivity index (χ2n) is 4.99. The van der Waals surface area contributed by atoms with Crippen LogP contribution in [0.4, 0.5) is 0 Å². The topological polar surface area (TPSA) is 66.4 Å². The maximum absolute atomic E-state index is 11.9. The number of carbonyl (C=O) groups is 2. The van der Waals surface area contributed by atoms with Crippen LogP contribution in [0.5, 0.6) is 0 Å². The third kappa shape index (κ3) is 4.86. The maximum Gasteiger partial charge on any atom is 0.217 e. The van der Waals surface area contributed by atoms with Crippen LogP contribution in [0.1, 0.15) is 58.3 Å². The van der Waals surface area contributed by atoms with Gasteiger partial charge in [0.25, 0.3) is 0 Å². The molecule has 0 aromatic heterocycles. The van der Waals surface area contributed by atoms with E-state index in [-0.39, 0.29) is 18.2 Å². The molecule has 0 unspecified atom stereocenters. The van der Waals surface area contributed by atoms with Crippen LogP contribution in [0.25, 0.3) is 0 Å². The number of hydrogen-bond donors (Lipinski definition) is 2. The van der Waals surface area contributed by atoms with E-state index in [0.29, 0.717) is 12.8 Å². The van der Waals surface area contributed by atoms with E-state index in [1.807, 2.05) is 0 Å². The monoisotopic (exact) mass is 241 g/mol. The lowest BCUT2D eigenvalue weighted by Crippen LogP contribution is -2.44. The van der Waals surface area contributed by atoms with Crippen molar-refractivity contribution in [1.29, 1.82) is 0 Å². The molecule has 1 saturated carbocycles. The standard InChI is InChI=1S/C13H23NO3/c1-11(15)14-10-12(16)13(17)8-6-4-2-3-5-7-9-13/h17H,2-10H2,1H3,(H,14,15). The van der Waals surface area contributed by atoms with Crippen molar-refractivity contribution in [1.82, 2.24) is 5.32 Å². The lowest BCUT2D eigenvalue weighted by molar-refractivity contribution is -0.139. The van der Waals surface area contributed by atoms with Gasteiger partial charge in [-0.2, -0.15) is 0 Å². The van der Waals surface area contributed by atoms with E-state index in [1.54, 1.807) is 0 Å². The van der Waals surface area contributed by atoms with E-state index in [4.69, 9.17) is 0 Å². The molecule has 0 aromatic carbocycles. The molecule has 1 aliphatic carbocycles. The number of amides is 1. The third-order valence-electron chi connectivity index (χ3n) is 3.45. The number of Topliss-reactive ketones (excluding diaryl/α,β-unsaturated/α-hetero) is 1. The van der Waals surface area contributed by atoms with Gasteiger partial charge in [0, 0.05) is 6.92 Å². The summed E-state index contributed by atoms with van der Waals surface area (Å²) in [7, 11) is 0. The second-order valence-corrected chi connectivity index (χ2v) is 4.99. The van der Waals surface area contributed by atoms with Crippen LogP contribution in [0.15, 0.2) is 0 Å². The largest absolute Gasteiger partial charge is 0.382 e. The lowest BCUT2D eigenvalue weighted by Gasteiger charge is -2.26. The summed E-state index contributed by atoms with van der Waals surface area (Å²) in [4.78, 5) is 22.7. The molecule has 0 radical (unpaired) electrons. The molecule has 0 aromatic rings. The van der Waals surface area contributed by atoms with Crippen LogP contribution in [0.3, 0.4) is 0 Å². The zero-order chi connectivity index (χ0) is 12.7. The van der Waals surface area contributed by atoms with Gasteiger partial charge in [-0.1, -0.05) is 38.5 Å². The predicted octanol–water partition coefficient (Wildman–Crippen LogP) is 1.56. The molecule has 0 spiro atoms. The molecule has 4 heteroatoms. The fraction of sp³-hybridized carbons (Fsp3) is 0.846. The van der Waals surface area contributed by atoms with Crippen molar-refractivity contribution in [3.8, 4) is 0 Å². The average molecular weight is 241 g/mol. The molecule has 2 N–H and O–H groups in total. The number of aliphatic hydroxyl groups is 1. The van der Waals surface area contributed by atoms with Gasteiger partial charge in [0.05, 0.1) is 6.54 Å². The first-order valence-corrected chi connectivity index (χ1v) is 6.55. The van der Waals surface area contributed by atoms with E-state index < -0.39 is 5.60 Å². The summed E-state index contributed by atoms with van der Waals surface area (Å²) < 4.78 is 0. The van der Waals surface area contributed by atoms with Gasteiger partial charge in [0.15, 0.2) is 5.78 Å². The van der Waals surface area contributed by atoms with Crippen LogP contribution in [0, 0.1) is 0 Å². The molecule has 1 fully saturated rings. The Hall–Kier alpha value is -0.900. The third-order valence-corrected chi connectivity index (χ3v) is 3.45. The van der Waals surface area contributed by atoms with Crippen LogP contribution in [-0.2, 0) is 9.59 Å². The Morgan fingerprint density at radius 3 is 2.00 bits per heavy atom. The molecule has 1 rings (SSSR count). The Morgan fingerprint density at radius 1 is 1.06 bits per heavy atom. The van der Waals surface area contributed by atoms with Gasteiger partial charge >= 0.3 is 0 Å². The molecule has 0 aliphatic heterocycles. The SMILES string of the molecule is CC(=O)NCC(=O)C1(O)CCCCCCCC1. The summed E-state index contributed by atoms with van der Waals surface area (Å²) in [6.45, 7) is 1.33. The smallest absolute Gasteiger partial charge is 0.217 e. The van der Waals surface area contributed by atoms with Crippen LogP contribution in [-0.4, -0.2) is 28.9 Å². The van der Waals surface area contributed by atoms with Crippen molar-refractivity contribution in [2.75, 3.05) is 6.54 Å². The normalized spacial score (nSPS) is 20.8. The molecular formula is C13H23NO3. The van der Waals surface area contributed by atoms with Crippen LogP contribution >= 0.6 is 0 Å². The molecule has 1 aliphatic rings. The molecule has 0 saturated heterocycles. The van der Waals surface area contributed by atoms with Crippen molar-refractivity contribution in [2.24, 2.45) is 0 Å². The van der Waals surface area contributed by atoms with E-state index in [2.05, 4.69) is 5.32 Å². The highest BCUT2D eigenvalue weighted by molar-refractivity contribution is 5.91. The summed E-state index contributed by atoms with van der Waals surface area (Å²) >= 11 is 0. The molecule has 0 atom stereocenters. The molecule has 1 amide bonds. The molecule has 98 valence electrons. The first-order valence-electron chi connectivity index (χ1n) is 6.55. The summed E-state index contributed by atoms with van der Waals surface area (Å²) in [5.41, 5.74) is -1.22. The Balaban J connectivity index is 2.54. The number of carbonyl (C=O) groups excluding carboxylic acids is 2. The quantitative estimate of drug-likeness (QED) is 0.788. The van der Waals surface area contributed by atoms with Gasteiger partial charge in [-0.25, -0.2) is 0 Å². The zero-order valence-corrected chi connectivity index (χ0v) is 10.6. The van der Waals surface area contributed by atoms with Crippen molar-refractivity contribution in [2.45, 2.75) is 63.9 Å². The number of hydrogen-bond acceptors (Lipinski definition) is 3. The van der Waals surface area contributed by atoms with Gasteiger partial charge in [-0.3, -0.25) is 9.59 Å². The van der Waals surface area contributed by atoms with Crippen molar-refractivity contribution < 1.29 is 14.7 Å². The van der Waals surface area contributed by atoms with Gasteiger partial charge in [0.2, 0.25) is 5.91 Å². The Kier molecular flexibility index (Phi) is 5.62. The fourth-order valence-electron chi connectivity index (χ4n) is 2.32. The minimum absolute atomic E-state index is 0.0498. The van der Waals surface area contributed by atoms with E-state index in [0.717, 1.165) is 25.7 Å².